The molecule has 0 aliphatic carbocycles. The maximum Gasteiger partial charge on any atom is 0.237 e. The first-order chi connectivity index (χ1) is 10.6. The highest BCUT2D eigenvalue weighted by molar-refractivity contribution is 5.81. The van der Waals surface area contributed by atoms with Crippen molar-refractivity contribution in [2.45, 2.75) is 32.7 Å². The first-order valence-corrected chi connectivity index (χ1v) is 8.00. The summed E-state index contributed by atoms with van der Waals surface area (Å²) in [5.41, 5.74) is 0. The summed E-state index contributed by atoms with van der Waals surface area (Å²) in [6, 6.07) is 3.02. The van der Waals surface area contributed by atoms with Gasteiger partial charge in [-0.1, -0.05) is 13.3 Å². The maximum atomic E-state index is 12.9. The molecule has 1 fully saturated rings. The fourth-order valence-electron chi connectivity index (χ4n) is 2.60. The van der Waals surface area contributed by atoms with Gasteiger partial charge in [-0.15, -0.1) is 0 Å². The lowest BCUT2D eigenvalue weighted by Crippen LogP contribution is -2.54. The fraction of sp³-hybridized carbons (Fsp3) is 0.625. The van der Waals surface area contributed by atoms with Gasteiger partial charge < -0.3 is 10.2 Å². The monoisotopic (exact) mass is 308 g/mol. The number of carbonyl (C=O) groups excluding carboxylic acids is 1. The third-order valence-corrected chi connectivity index (χ3v) is 4.11. The van der Waals surface area contributed by atoms with Crippen LogP contribution >= 0.6 is 0 Å². The average molecular weight is 308 g/mol. The topological polar surface area (TPSA) is 48.5 Å². The van der Waals surface area contributed by atoms with Gasteiger partial charge in [0.1, 0.15) is 11.6 Å². The van der Waals surface area contributed by atoms with Crippen LogP contribution in [0.4, 0.5) is 10.2 Å². The minimum atomic E-state index is -0.320. The van der Waals surface area contributed by atoms with Crippen LogP contribution in [0.5, 0.6) is 0 Å². The van der Waals surface area contributed by atoms with Crippen molar-refractivity contribution >= 4 is 11.7 Å². The average Bonchev–Trinajstić information content (AvgIpc) is 2.55. The van der Waals surface area contributed by atoms with Crippen LogP contribution in [0.2, 0.25) is 0 Å². The van der Waals surface area contributed by atoms with Crippen molar-refractivity contribution in [3.8, 4) is 0 Å². The number of unbranched alkanes of at least 4 members (excludes halogenated alkanes) is 1. The molecule has 122 valence electrons. The summed E-state index contributed by atoms with van der Waals surface area (Å²) in [5.74, 6) is 0.572. The number of pyridine rings is 1. The molecule has 1 atom stereocenters. The van der Waals surface area contributed by atoms with Gasteiger partial charge >= 0.3 is 0 Å². The number of rotatable bonds is 6. The Balaban J connectivity index is 1.81. The SMILES string of the molecule is CCCCNC(=O)C(C)N1CCN(c2ccc(F)cn2)CC1. The zero-order chi connectivity index (χ0) is 15.9. The lowest BCUT2D eigenvalue weighted by Gasteiger charge is -2.37. The number of hydrogen-bond donors (Lipinski definition) is 1. The summed E-state index contributed by atoms with van der Waals surface area (Å²) < 4.78 is 12.9. The minimum Gasteiger partial charge on any atom is -0.355 e. The molecule has 1 saturated heterocycles. The second-order valence-corrected chi connectivity index (χ2v) is 5.68. The number of aromatic nitrogens is 1. The number of halogens is 1. The second kappa shape index (κ2) is 8.08. The van der Waals surface area contributed by atoms with E-state index < -0.39 is 0 Å². The third kappa shape index (κ3) is 4.40. The van der Waals surface area contributed by atoms with Gasteiger partial charge in [-0.25, -0.2) is 9.37 Å². The van der Waals surface area contributed by atoms with Gasteiger partial charge in [0.2, 0.25) is 5.91 Å². The largest absolute Gasteiger partial charge is 0.355 e. The van der Waals surface area contributed by atoms with E-state index in [4.69, 9.17) is 0 Å². The van der Waals surface area contributed by atoms with E-state index in [2.05, 4.69) is 27.0 Å². The van der Waals surface area contributed by atoms with Crippen LogP contribution in [0, 0.1) is 5.82 Å². The van der Waals surface area contributed by atoms with E-state index in [0.29, 0.717) is 0 Å². The Morgan fingerprint density at radius 1 is 1.36 bits per heavy atom. The smallest absolute Gasteiger partial charge is 0.237 e. The van der Waals surface area contributed by atoms with E-state index in [1.165, 1.54) is 12.3 Å². The van der Waals surface area contributed by atoms with Gasteiger partial charge in [-0.05, 0) is 25.5 Å². The first-order valence-electron chi connectivity index (χ1n) is 8.00. The van der Waals surface area contributed by atoms with E-state index in [1.807, 2.05) is 6.92 Å². The Hall–Kier alpha value is -1.69. The summed E-state index contributed by atoms with van der Waals surface area (Å²) in [6.07, 6.45) is 3.34. The number of nitrogens with one attached hydrogen (secondary N) is 1. The summed E-state index contributed by atoms with van der Waals surface area (Å²) >= 11 is 0. The van der Waals surface area contributed by atoms with Gasteiger partial charge in [0.15, 0.2) is 0 Å². The molecular weight excluding hydrogens is 283 g/mol. The van der Waals surface area contributed by atoms with Gasteiger partial charge in [-0.2, -0.15) is 0 Å². The number of carbonyl (C=O) groups is 1. The standard InChI is InChI=1S/C16H25FN4O/c1-3-4-7-18-16(22)13(2)20-8-10-21(11-9-20)15-6-5-14(17)12-19-15/h5-6,12-13H,3-4,7-11H2,1-2H3,(H,18,22). The molecule has 0 spiro atoms. The van der Waals surface area contributed by atoms with Crippen LogP contribution in [0.3, 0.4) is 0 Å². The molecule has 0 radical (unpaired) electrons. The molecule has 0 bridgehead atoms. The van der Waals surface area contributed by atoms with Crippen LogP contribution in [0.25, 0.3) is 0 Å². The predicted molar refractivity (Wildman–Crippen MR) is 85.4 cm³/mol. The molecule has 1 amide bonds. The van der Waals surface area contributed by atoms with Crippen molar-refractivity contribution in [3.05, 3.63) is 24.1 Å². The van der Waals surface area contributed by atoms with E-state index in [-0.39, 0.29) is 17.8 Å². The Kier molecular flexibility index (Phi) is 6.12. The number of hydrogen-bond acceptors (Lipinski definition) is 4. The Morgan fingerprint density at radius 3 is 2.68 bits per heavy atom. The highest BCUT2D eigenvalue weighted by atomic mass is 19.1. The predicted octanol–water partition coefficient (Wildman–Crippen LogP) is 1.65. The molecule has 22 heavy (non-hydrogen) atoms. The zero-order valence-corrected chi connectivity index (χ0v) is 13.4. The molecular formula is C16H25FN4O. The lowest BCUT2D eigenvalue weighted by atomic mass is 10.2. The van der Waals surface area contributed by atoms with Crippen molar-refractivity contribution in [1.29, 1.82) is 0 Å². The van der Waals surface area contributed by atoms with Crippen LogP contribution in [0.1, 0.15) is 26.7 Å². The van der Waals surface area contributed by atoms with Gasteiger partial charge in [-0.3, -0.25) is 9.69 Å². The number of piperazine rings is 1. The minimum absolute atomic E-state index is 0.0989. The van der Waals surface area contributed by atoms with Crippen LogP contribution in [-0.4, -0.2) is 54.6 Å². The summed E-state index contributed by atoms with van der Waals surface area (Å²) in [6.45, 7) is 8.02. The van der Waals surface area contributed by atoms with Crippen molar-refractivity contribution in [2.24, 2.45) is 0 Å². The molecule has 1 unspecified atom stereocenters. The van der Waals surface area contributed by atoms with Crippen LogP contribution in [-0.2, 0) is 4.79 Å². The number of nitrogens with zero attached hydrogens (tertiary/aromatic N) is 3. The molecule has 0 saturated carbocycles. The normalized spacial score (nSPS) is 17.3. The van der Waals surface area contributed by atoms with E-state index in [1.54, 1.807) is 6.07 Å². The van der Waals surface area contributed by atoms with Crippen molar-refractivity contribution in [1.82, 2.24) is 15.2 Å². The molecule has 2 rings (SSSR count). The van der Waals surface area contributed by atoms with E-state index >= 15 is 0 Å². The van der Waals surface area contributed by atoms with Crippen molar-refractivity contribution < 1.29 is 9.18 Å². The molecule has 0 aromatic carbocycles. The summed E-state index contributed by atoms with van der Waals surface area (Å²) in [7, 11) is 0. The highest BCUT2D eigenvalue weighted by Gasteiger charge is 2.25. The van der Waals surface area contributed by atoms with Gasteiger partial charge in [0.05, 0.1) is 12.2 Å². The first kappa shape index (κ1) is 16.7. The molecule has 1 aromatic heterocycles. The van der Waals surface area contributed by atoms with E-state index in [9.17, 15) is 9.18 Å². The Bertz CT molecular complexity index is 472. The quantitative estimate of drug-likeness (QED) is 0.812. The molecule has 1 aliphatic heterocycles. The molecule has 1 aromatic rings. The molecule has 2 heterocycles. The second-order valence-electron chi connectivity index (χ2n) is 5.68. The zero-order valence-electron chi connectivity index (χ0n) is 13.4. The fourth-order valence-corrected chi connectivity index (χ4v) is 2.60. The Morgan fingerprint density at radius 2 is 2.09 bits per heavy atom. The van der Waals surface area contributed by atoms with Gasteiger partial charge in [0, 0.05) is 32.7 Å². The maximum absolute atomic E-state index is 12.9. The van der Waals surface area contributed by atoms with Crippen molar-refractivity contribution in [2.75, 3.05) is 37.6 Å². The lowest BCUT2D eigenvalue weighted by molar-refractivity contribution is -0.126. The van der Waals surface area contributed by atoms with Crippen molar-refractivity contribution in [3.63, 3.8) is 0 Å². The summed E-state index contributed by atoms with van der Waals surface area (Å²) in [4.78, 5) is 20.5. The molecule has 5 nitrogen and oxygen atoms in total. The van der Waals surface area contributed by atoms with Crippen LogP contribution < -0.4 is 10.2 Å². The van der Waals surface area contributed by atoms with Crippen LogP contribution in [0.15, 0.2) is 18.3 Å². The number of amides is 1. The molecule has 1 aliphatic rings. The summed E-state index contributed by atoms with van der Waals surface area (Å²) in [5, 5.41) is 2.98. The number of anilines is 1. The third-order valence-electron chi connectivity index (χ3n) is 4.11. The highest BCUT2D eigenvalue weighted by Crippen LogP contribution is 2.15. The van der Waals surface area contributed by atoms with E-state index in [0.717, 1.165) is 51.4 Å². The Labute approximate surface area is 131 Å². The molecule has 1 N–H and O–H groups in total. The van der Waals surface area contributed by atoms with Gasteiger partial charge in [0.25, 0.3) is 0 Å². The molecule has 6 heteroatoms.